The lowest BCUT2D eigenvalue weighted by atomic mass is 9.56. The van der Waals surface area contributed by atoms with E-state index in [1.54, 1.807) is 0 Å². The number of Topliss-reactive ketones (excluding diaryl/α,β-unsaturated/α-hetero) is 1. The second kappa shape index (κ2) is 6.27. The van der Waals surface area contributed by atoms with Crippen LogP contribution < -0.4 is 0 Å². The number of hydrogen-bond donors (Lipinski definition) is 0. The van der Waals surface area contributed by atoms with Gasteiger partial charge >= 0.3 is 0 Å². The molecule has 0 amide bonds. The summed E-state index contributed by atoms with van der Waals surface area (Å²) in [7, 11) is 0. The molecule has 0 saturated carbocycles. The molecule has 9 rings (SSSR count). The molecule has 2 nitrogen and oxygen atoms in total. The van der Waals surface area contributed by atoms with Crippen LogP contribution in [-0.2, 0) is 4.79 Å². The van der Waals surface area contributed by atoms with Crippen LogP contribution in [0, 0.1) is 17.8 Å². The number of carbonyl (C=O) groups excluding carboxylic acids is 2. The summed E-state index contributed by atoms with van der Waals surface area (Å²) in [5.74, 6) is 0.320. The van der Waals surface area contributed by atoms with Crippen LogP contribution in [0.4, 0.5) is 0 Å². The zero-order valence-corrected chi connectivity index (χ0v) is 19.4. The van der Waals surface area contributed by atoms with Crippen molar-refractivity contribution >= 4 is 27.9 Å². The molecule has 0 aliphatic heterocycles. The second-order valence-corrected chi connectivity index (χ2v) is 10.6. The van der Waals surface area contributed by atoms with Gasteiger partial charge in [-0.15, -0.1) is 0 Å². The van der Waals surface area contributed by atoms with Gasteiger partial charge in [0.1, 0.15) is 0 Å². The predicted octanol–water partition coefficient (Wildman–Crippen LogP) is 6.90. The third kappa shape index (κ3) is 2.03. The first-order valence-electron chi connectivity index (χ1n) is 12.7. The lowest BCUT2D eigenvalue weighted by Crippen LogP contribution is -2.40. The molecule has 36 heavy (non-hydrogen) atoms. The van der Waals surface area contributed by atoms with E-state index < -0.39 is 0 Å². The zero-order valence-electron chi connectivity index (χ0n) is 19.4. The number of ketones is 2. The smallest absolute Gasteiger partial charge is 0.194 e. The van der Waals surface area contributed by atoms with E-state index in [2.05, 4.69) is 54.6 Å². The highest BCUT2D eigenvalue weighted by atomic mass is 16.1. The molecule has 0 aromatic heterocycles. The zero-order chi connectivity index (χ0) is 23.7. The maximum atomic E-state index is 13.6. The molecule has 6 aliphatic rings. The highest BCUT2D eigenvalue weighted by Crippen LogP contribution is 2.58. The van der Waals surface area contributed by atoms with Gasteiger partial charge in [-0.1, -0.05) is 91.1 Å². The van der Waals surface area contributed by atoms with Gasteiger partial charge in [0.2, 0.25) is 0 Å². The Hall–Kier alpha value is -4.30. The summed E-state index contributed by atoms with van der Waals surface area (Å²) in [6.07, 6.45) is 17.2. The minimum atomic E-state index is -0.146. The normalized spacial score (nSPS) is 27.4. The topological polar surface area (TPSA) is 34.1 Å². The fraction of sp³-hybridized carbons (Fsp3) is 0.118. The average Bonchev–Trinajstić information content (AvgIpc) is 2.94. The van der Waals surface area contributed by atoms with E-state index in [4.69, 9.17) is 0 Å². The van der Waals surface area contributed by atoms with Crippen LogP contribution in [0.15, 0.2) is 114 Å². The van der Waals surface area contributed by atoms with Crippen molar-refractivity contribution in [1.82, 2.24) is 0 Å². The predicted molar refractivity (Wildman–Crippen MR) is 142 cm³/mol. The molecule has 168 valence electrons. The summed E-state index contributed by atoms with van der Waals surface area (Å²) in [6.45, 7) is 0. The summed E-state index contributed by atoms with van der Waals surface area (Å²) in [6, 6.07) is 16.6. The molecule has 0 saturated heterocycles. The van der Waals surface area contributed by atoms with Crippen molar-refractivity contribution < 1.29 is 9.59 Å². The fourth-order valence-electron chi connectivity index (χ4n) is 7.70. The third-order valence-electron chi connectivity index (χ3n) is 9.13. The number of allylic oxidation sites excluding steroid dienone is 12. The first-order valence-corrected chi connectivity index (χ1v) is 12.7. The van der Waals surface area contributed by atoms with E-state index in [0.29, 0.717) is 5.78 Å². The summed E-state index contributed by atoms with van der Waals surface area (Å²) in [4.78, 5) is 27.1. The largest absolute Gasteiger partial charge is 0.298 e. The van der Waals surface area contributed by atoms with Crippen LogP contribution in [0.3, 0.4) is 0 Å². The van der Waals surface area contributed by atoms with Crippen LogP contribution in [0.5, 0.6) is 0 Å². The molecule has 0 spiro atoms. The quantitative estimate of drug-likeness (QED) is 0.286. The second-order valence-electron chi connectivity index (χ2n) is 10.6. The Balaban J connectivity index is 1.37. The Bertz CT molecular complexity index is 1830. The van der Waals surface area contributed by atoms with Gasteiger partial charge < -0.3 is 0 Å². The van der Waals surface area contributed by atoms with Gasteiger partial charge in [-0.3, -0.25) is 9.59 Å². The first-order chi connectivity index (χ1) is 17.7. The molecule has 6 aliphatic carbocycles. The Morgan fingerprint density at radius 2 is 1.42 bits per heavy atom. The molecule has 3 aromatic rings. The van der Waals surface area contributed by atoms with E-state index in [9.17, 15) is 9.59 Å². The maximum Gasteiger partial charge on any atom is 0.194 e. The van der Waals surface area contributed by atoms with Crippen molar-refractivity contribution in [2.75, 3.05) is 0 Å². The van der Waals surface area contributed by atoms with E-state index in [1.165, 1.54) is 33.2 Å². The number of benzene rings is 3. The average molecular weight is 461 g/mol. The fourth-order valence-corrected chi connectivity index (χ4v) is 7.70. The number of hydrogen-bond acceptors (Lipinski definition) is 2. The van der Waals surface area contributed by atoms with Gasteiger partial charge in [-0.05, 0) is 56.0 Å². The lowest BCUT2D eigenvalue weighted by molar-refractivity contribution is -0.124. The molecule has 0 heterocycles. The van der Waals surface area contributed by atoms with Gasteiger partial charge in [-0.2, -0.15) is 0 Å². The Morgan fingerprint density at radius 3 is 2.33 bits per heavy atom. The first kappa shape index (κ1) is 19.0. The molecule has 2 heteroatoms. The minimum absolute atomic E-state index is 0.0766. The van der Waals surface area contributed by atoms with Gasteiger partial charge in [0.05, 0.1) is 5.92 Å². The van der Waals surface area contributed by atoms with Crippen LogP contribution in [-0.4, -0.2) is 11.6 Å². The molecule has 0 N–H and O–H groups in total. The van der Waals surface area contributed by atoms with Crippen molar-refractivity contribution in [3.63, 3.8) is 0 Å². The SMILES string of the molecule is O=C1c2ccccc2-c2ccc3c4c(ccc1c24)C1=C2C3C=CC3=C4C=CC=CC4C(=O)C(C=C1)C32. The third-order valence-corrected chi connectivity index (χ3v) is 9.13. The molecule has 4 atom stereocenters. The molecule has 0 fully saturated rings. The number of fused-ring (bicyclic) bond motifs is 5. The van der Waals surface area contributed by atoms with E-state index in [-0.39, 0.29) is 29.5 Å². The summed E-state index contributed by atoms with van der Waals surface area (Å²) < 4.78 is 0. The van der Waals surface area contributed by atoms with Crippen molar-refractivity contribution in [2.24, 2.45) is 17.8 Å². The van der Waals surface area contributed by atoms with E-state index in [0.717, 1.165) is 33.2 Å². The van der Waals surface area contributed by atoms with Crippen molar-refractivity contribution in [3.8, 4) is 11.1 Å². The molecular formula is C34H20O2. The molecule has 3 aromatic carbocycles. The minimum Gasteiger partial charge on any atom is -0.298 e. The van der Waals surface area contributed by atoms with Crippen molar-refractivity contribution in [2.45, 2.75) is 5.92 Å². The van der Waals surface area contributed by atoms with Crippen LogP contribution in [0.25, 0.3) is 27.5 Å². The standard InChI is InChI=1S/C34H20O2/c35-33-25-7-3-1-5-17(25)19-9-11-21-22-12-10-20-18-6-2-4-8-26(18)34(36)28-16-14-24(30(22)32(20)28)23-13-15-27(33)31(19)29(21)23/h1-16,21,25,27,31H. The van der Waals surface area contributed by atoms with Gasteiger partial charge in [-0.25, -0.2) is 0 Å². The molecular weight excluding hydrogens is 440 g/mol. The Morgan fingerprint density at radius 1 is 0.583 bits per heavy atom. The highest BCUT2D eigenvalue weighted by molar-refractivity contribution is 6.27. The highest BCUT2D eigenvalue weighted by Gasteiger charge is 2.48. The van der Waals surface area contributed by atoms with E-state index in [1.807, 2.05) is 42.5 Å². The Labute approximate surface area is 208 Å². The lowest BCUT2D eigenvalue weighted by Gasteiger charge is -2.46. The monoisotopic (exact) mass is 460 g/mol. The number of rotatable bonds is 0. The number of carbonyl (C=O) groups is 2. The van der Waals surface area contributed by atoms with Gasteiger partial charge in [0, 0.05) is 34.3 Å². The van der Waals surface area contributed by atoms with Gasteiger partial charge in [0.25, 0.3) is 0 Å². The summed E-state index contributed by atoms with van der Waals surface area (Å²) in [5.41, 5.74) is 11.2. The molecule has 0 radical (unpaired) electrons. The molecule has 4 unspecified atom stereocenters. The molecule has 0 bridgehead atoms. The van der Waals surface area contributed by atoms with Crippen molar-refractivity contribution in [3.05, 3.63) is 136 Å². The maximum absolute atomic E-state index is 13.6. The van der Waals surface area contributed by atoms with Crippen LogP contribution >= 0.6 is 0 Å². The van der Waals surface area contributed by atoms with Crippen molar-refractivity contribution in [1.29, 1.82) is 0 Å². The summed E-state index contributed by atoms with van der Waals surface area (Å²) in [5, 5.41) is 2.27. The van der Waals surface area contributed by atoms with Crippen LogP contribution in [0.1, 0.15) is 33.0 Å². The Kier molecular flexibility index (Phi) is 3.30. The summed E-state index contributed by atoms with van der Waals surface area (Å²) >= 11 is 0. The van der Waals surface area contributed by atoms with E-state index >= 15 is 0 Å². The van der Waals surface area contributed by atoms with Crippen LogP contribution in [0.2, 0.25) is 0 Å². The van der Waals surface area contributed by atoms with Gasteiger partial charge in [0.15, 0.2) is 11.6 Å².